The third-order valence-electron chi connectivity index (χ3n) is 7.61. The third kappa shape index (κ3) is 7.30. The summed E-state index contributed by atoms with van der Waals surface area (Å²) in [6, 6.07) is 30.3. The van der Waals surface area contributed by atoms with E-state index in [0.29, 0.717) is 0 Å². The first-order valence-electron chi connectivity index (χ1n) is 14.6. The molecule has 0 spiro atoms. The molecule has 3 aliphatic heterocycles. The number of aliphatic hydroxyl groups is 8. The van der Waals surface area contributed by atoms with Crippen molar-refractivity contribution in [1.82, 2.24) is 5.43 Å². The fraction of sp³-hybridized carbons (Fsp3) is 0.387. The summed E-state index contributed by atoms with van der Waals surface area (Å²) in [6.45, 7) is -1.35. The number of ether oxygens (including phenoxy) is 3. The van der Waals surface area contributed by atoms with Gasteiger partial charge in [0.05, 0.1) is 24.6 Å². The van der Waals surface area contributed by atoms with Crippen LogP contribution in [0.5, 0.6) is 0 Å². The molecule has 0 aromatic heterocycles. The molecule has 2 fully saturated rings. The molecule has 2 saturated heterocycles. The molecule has 3 aliphatic rings. The number of hydrazone groups is 1. The predicted octanol–water partition coefficient (Wildman–Crippen LogP) is -1.60. The fourth-order valence-electron chi connectivity index (χ4n) is 5.08. The van der Waals surface area contributed by atoms with Crippen molar-refractivity contribution in [3.05, 3.63) is 96.6 Å². The van der Waals surface area contributed by atoms with Gasteiger partial charge < -0.3 is 55.1 Å². The zero-order valence-electron chi connectivity index (χ0n) is 24.5. The van der Waals surface area contributed by atoms with Gasteiger partial charge in [0.2, 0.25) is 0 Å². The molecule has 0 saturated carbocycles. The monoisotopic (exact) mass is 642 g/mol. The zero-order chi connectivity index (χ0) is 32.8. The van der Waals surface area contributed by atoms with E-state index in [1.807, 2.05) is 101 Å². The van der Waals surface area contributed by atoms with E-state index >= 15 is 0 Å². The van der Waals surface area contributed by atoms with Crippen LogP contribution in [0.15, 0.2) is 96.1 Å². The Morgan fingerprint density at radius 1 is 0.630 bits per heavy atom. The summed E-state index contributed by atoms with van der Waals surface area (Å²) in [6.07, 6.45) is -15.6. The van der Waals surface area contributed by atoms with Crippen molar-refractivity contribution in [3.63, 3.8) is 0 Å². The summed E-state index contributed by atoms with van der Waals surface area (Å²) in [5, 5.41) is 85.1. The van der Waals surface area contributed by atoms with Gasteiger partial charge in [0, 0.05) is 5.56 Å². The number of anilines is 2. The van der Waals surface area contributed by atoms with E-state index in [-0.39, 0.29) is 0 Å². The van der Waals surface area contributed by atoms with Crippen molar-refractivity contribution in [3.8, 4) is 0 Å². The molecule has 0 aliphatic carbocycles. The van der Waals surface area contributed by atoms with Crippen LogP contribution in [0.25, 0.3) is 0 Å². The largest absolute Gasteiger partial charge is 0.394 e. The number of nitrogens with zero attached hydrogens (tertiary/aromatic N) is 3. The second-order valence-electron chi connectivity index (χ2n) is 10.7. The van der Waals surface area contributed by atoms with E-state index in [0.717, 1.165) is 22.8 Å². The Kier molecular flexibility index (Phi) is 11.2. The number of benzene rings is 3. The van der Waals surface area contributed by atoms with Gasteiger partial charge in [-0.3, -0.25) is 5.43 Å². The number of para-hydroxylation sites is 2. The van der Waals surface area contributed by atoms with Crippen LogP contribution in [0, 0.1) is 0 Å². The van der Waals surface area contributed by atoms with E-state index in [2.05, 4.69) is 5.43 Å². The molecule has 0 unspecified atom stereocenters. The Morgan fingerprint density at radius 3 is 1.78 bits per heavy atom. The fourth-order valence-corrected chi connectivity index (χ4v) is 5.08. The standard InChI is InChI=1S/C19H16N4.C12H22O11/c1-4-10-16(11-5-1)19-20-22(17-12-6-2-7-13-17)23(21-19)18-14-8-3-9-15-18;13-1-3-5(15)6(16)9(19)12(22-3)23-10-4(2-14)21-11(20)8(18)7(10)17/h1-15H,(H,20,21);3-20H,1-2H2/t;3-,4-,5+,6+,7-,8-,9-,10-,11+,12+/m.1/s1. The number of aliphatic hydroxyl groups excluding tert-OH is 8. The van der Waals surface area contributed by atoms with Gasteiger partial charge in [0.15, 0.2) is 18.4 Å². The van der Waals surface area contributed by atoms with Gasteiger partial charge in [0.1, 0.15) is 48.8 Å². The van der Waals surface area contributed by atoms with E-state index in [9.17, 15) is 35.7 Å². The Balaban J connectivity index is 0.000000181. The minimum Gasteiger partial charge on any atom is -0.394 e. The Morgan fingerprint density at radius 2 is 1.20 bits per heavy atom. The molecule has 10 atom stereocenters. The molecular weight excluding hydrogens is 604 g/mol. The number of hydrazine groups is 2. The first-order valence-corrected chi connectivity index (χ1v) is 14.6. The quantitative estimate of drug-likeness (QED) is 0.142. The van der Waals surface area contributed by atoms with Gasteiger partial charge in [-0.2, -0.15) is 10.2 Å². The Bertz CT molecular complexity index is 1390. The van der Waals surface area contributed by atoms with E-state index < -0.39 is 74.6 Å². The van der Waals surface area contributed by atoms with Crippen LogP contribution < -0.4 is 15.7 Å². The predicted molar refractivity (Wildman–Crippen MR) is 163 cm³/mol. The SMILES string of the molecule is OC[C@H]1O[C@@H](O[C@H]2[C@H](O)[C@@H](O)[C@@H](O)O[C@@H]2CO)[C@H](O)[C@@H](O)[C@H]1O.c1ccc(C2=NN(c3ccccc3)N(c3ccccc3)N2)cc1. The van der Waals surface area contributed by atoms with Gasteiger partial charge in [-0.05, 0) is 24.3 Å². The Labute approximate surface area is 264 Å². The van der Waals surface area contributed by atoms with Gasteiger partial charge in [-0.15, -0.1) is 5.10 Å². The second-order valence-corrected chi connectivity index (χ2v) is 10.7. The minimum absolute atomic E-state index is 0.667. The lowest BCUT2D eigenvalue weighted by molar-refractivity contribution is -0.355. The molecule has 6 rings (SSSR count). The first kappa shape index (κ1) is 33.6. The molecule has 0 amide bonds. The van der Waals surface area contributed by atoms with Crippen LogP contribution in [-0.4, -0.2) is 121 Å². The van der Waals surface area contributed by atoms with E-state index in [4.69, 9.17) is 24.4 Å². The molecule has 15 nitrogen and oxygen atoms in total. The van der Waals surface area contributed by atoms with Crippen LogP contribution in [0.3, 0.4) is 0 Å². The molecule has 0 bridgehead atoms. The summed E-state index contributed by atoms with van der Waals surface area (Å²) in [5.41, 5.74) is 6.44. The summed E-state index contributed by atoms with van der Waals surface area (Å²) >= 11 is 0. The van der Waals surface area contributed by atoms with Crippen LogP contribution in [0.1, 0.15) is 5.56 Å². The molecule has 3 aromatic rings. The van der Waals surface area contributed by atoms with Gasteiger partial charge in [-0.25, -0.2) is 0 Å². The van der Waals surface area contributed by atoms with E-state index in [1.165, 1.54) is 0 Å². The lowest BCUT2D eigenvalue weighted by Gasteiger charge is -2.45. The molecule has 3 heterocycles. The molecule has 46 heavy (non-hydrogen) atoms. The molecule has 0 radical (unpaired) electrons. The van der Waals surface area contributed by atoms with Crippen LogP contribution >= 0.6 is 0 Å². The highest BCUT2D eigenvalue weighted by atomic mass is 16.7. The highest BCUT2D eigenvalue weighted by molar-refractivity contribution is 6.02. The lowest BCUT2D eigenvalue weighted by atomic mass is 9.97. The molecule has 3 aromatic carbocycles. The van der Waals surface area contributed by atoms with Crippen LogP contribution in [0.2, 0.25) is 0 Å². The highest BCUT2D eigenvalue weighted by Crippen LogP contribution is 2.29. The number of nitrogens with one attached hydrogen (secondary N) is 1. The van der Waals surface area contributed by atoms with Gasteiger partial charge in [0.25, 0.3) is 0 Å². The number of amidine groups is 1. The molecule has 9 N–H and O–H groups in total. The number of hydrogen-bond acceptors (Lipinski definition) is 15. The summed E-state index contributed by atoms with van der Waals surface area (Å²) in [5.74, 6) is 0.818. The summed E-state index contributed by atoms with van der Waals surface area (Å²) in [7, 11) is 0. The van der Waals surface area contributed by atoms with Crippen molar-refractivity contribution in [2.24, 2.45) is 5.10 Å². The smallest absolute Gasteiger partial charge is 0.187 e. The normalized spacial score (nSPS) is 32.7. The maximum absolute atomic E-state index is 9.94. The van der Waals surface area contributed by atoms with Gasteiger partial charge in [-0.1, -0.05) is 66.7 Å². The van der Waals surface area contributed by atoms with Crippen molar-refractivity contribution >= 4 is 17.2 Å². The maximum atomic E-state index is 9.94. The van der Waals surface area contributed by atoms with Crippen molar-refractivity contribution in [1.29, 1.82) is 0 Å². The molecule has 248 valence electrons. The first-order chi connectivity index (χ1) is 22.2. The zero-order valence-corrected chi connectivity index (χ0v) is 24.5. The molecule has 15 heteroatoms. The third-order valence-corrected chi connectivity index (χ3v) is 7.61. The summed E-state index contributed by atoms with van der Waals surface area (Å²) in [4.78, 5) is 0. The average Bonchev–Trinajstić information content (AvgIpc) is 3.56. The lowest BCUT2D eigenvalue weighted by Crippen LogP contribution is -2.64. The van der Waals surface area contributed by atoms with Crippen molar-refractivity contribution in [2.75, 3.05) is 23.4 Å². The van der Waals surface area contributed by atoms with Gasteiger partial charge >= 0.3 is 0 Å². The van der Waals surface area contributed by atoms with Crippen LogP contribution in [0.4, 0.5) is 11.4 Å². The van der Waals surface area contributed by atoms with Crippen LogP contribution in [-0.2, 0) is 14.2 Å². The average molecular weight is 643 g/mol. The Hall–Kier alpha value is -3.71. The van der Waals surface area contributed by atoms with E-state index in [1.54, 1.807) is 0 Å². The molecular formula is C31H38N4O11. The minimum atomic E-state index is -1.74. The topological polar surface area (TPSA) is 220 Å². The second kappa shape index (κ2) is 15.3. The highest BCUT2D eigenvalue weighted by Gasteiger charge is 2.50. The number of hydrogen-bond donors (Lipinski definition) is 9. The van der Waals surface area contributed by atoms with Crippen molar-refractivity contribution < 1.29 is 55.1 Å². The summed E-state index contributed by atoms with van der Waals surface area (Å²) < 4.78 is 15.3. The van der Waals surface area contributed by atoms with Crippen molar-refractivity contribution in [2.45, 2.75) is 61.4 Å². The maximum Gasteiger partial charge on any atom is 0.187 e. The number of rotatable bonds is 7.